The van der Waals surface area contributed by atoms with Gasteiger partial charge in [0.05, 0.1) is 25.4 Å². The van der Waals surface area contributed by atoms with E-state index in [1.165, 1.54) is 0 Å². The molecule has 10 heteroatoms. The molecule has 28 heavy (non-hydrogen) atoms. The topological polar surface area (TPSA) is 180 Å². The van der Waals surface area contributed by atoms with Crippen LogP contribution in [0, 0.1) is 11.8 Å². The van der Waals surface area contributed by atoms with Gasteiger partial charge in [-0.05, 0) is 11.8 Å². The smallest absolute Gasteiger partial charge is 0.111 e. The van der Waals surface area contributed by atoms with Crippen LogP contribution in [0.4, 0.5) is 0 Å². The summed E-state index contributed by atoms with van der Waals surface area (Å²) in [6.45, 7) is 6.63. The molecule has 2 fully saturated rings. The first kappa shape index (κ1) is 25.6. The largest absolute Gasteiger partial charge is 0.394 e. The highest BCUT2D eigenvalue weighted by molar-refractivity contribution is 4.93. The van der Waals surface area contributed by atoms with E-state index in [4.69, 9.17) is 19.7 Å². The van der Waals surface area contributed by atoms with Gasteiger partial charge in [-0.15, -0.1) is 0 Å². The Balaban J connectivity index is 0.000000280. The number of aliphatic hydroxyl groups is 8. The highest BCUT2D eigenvalue weighted by atomic mass is 16.6. The molecule has 2 aliphatic heterocycles. The van der Waals surface area contributed by atoms with E-state index in [0.717, 1.165) is 0 Å². The zero-order valence-corrected chi connectivity index (χ0v) is 16.7. The average Bonchev–Trinajstić information content (AvgIpc) is 2.64. The van der Waals surface area contributed by atoms with Gasteiger partial charge in [0, 0.05) is 0 Å². The first-order chi connectivity index (χ1) is 13.0. The van der Waals surface area contributed by atoms with Crippen LogP contribution < -0.4 is 0 Å². The molecule has 0 saturated carbocycles. The normalized spacial score (nSPS) is 44.4. The van der Waals surface area contributed by atoms with Crippen LogP contribution in [0.5, 0.6) is 0 Å². The fraction of sp³-hybridized carbons (Fsp3) is 1.00. The van der Waals surface area contributed by atoms with Crippen LogP contribution in [-0.4, -0.2) is 115 Å². The van der Waals surface area contributed by atoms with E-state index in [1.807, 2.05) is 27.7 Å². The zero-order chi connectivity index (χ0) is 21.8. The Bertz CT molecular complexity index is 404. The van der Waals surface area contributed by atoms with Crippen LogP contribution in [0.2, 0.25) is 0 Å². The molecule has 0 aromatic heterocycles. The van der Waals surface area contributed by atoms with Crippen LogP contribution >= 0.6 is 0 Å². The predicted octanol–water partition coefficient (Wildman–Crippen LogP) is -3.03. The van der Waals surface area contributed by atoms with Crippen molar-refractivity contribution >= 4 is 0 Å². The predicted molar refractivity (Wildman–Crippen MR) is 97.2 cm³/mol. The fourth-order valence-corrected chi connectivity index (χ4v) is 3.36. The number of hydrogen-bond acceptors (Lipinski definition) is 10. The molecule has 0 bridgehead atoms. The molecule has 4 unspecified atom stereocenters. The van der Waals surface area contributed by atoms with Crippen LogP contribution in [0.15, 0.2) is 0 Å². The Kier molecular flexibility index (Phi) is 10.2. The van der Waals surface area contributed by atoms with Gasteiger partial charge in [0.15, 0.2) is 0 Å². The molecule has 2 rings (SSSR count). The second-order valence-electron chi connectivity index (χ2n) is 8.08. The summed E-state index contributed by atoms with van der Waals surface area (Å²) in [5.41, 5.74) is 0. The molecule has 8 N–H and O–H groups in total. The number of ether oxygens (including phenoxy) is 2. The van der Waals surface area contributed by atoms with Gasteiger partial charge in [-0.3, -0.25) is 0 Å². The van der Waals surface area contributed by atoms with E-state index >= 15 is 0 Å². The van der Waals surface area contributed by atoms with Crippen LogP contribution in [0.3, 0.4) is 0 Å². The molecular formula is C18H36O10. The molecule has 2 aliphatic rings. The maximum atomic E-state index is 9.57. The van der Waals surface area contributed by atoms with Gasteiger partial charge < -0.3 is 50.3 Å². The third-order valence-corrected chi connectivity index (χ3v) is 5.17. The number of aliphatic hydroxyl groups excluding tert-OH is 8. The molecule has 0 amide bonds. The van der Waals surface area contributed by atoms with Gasteiger partial charge in [0.2, 0.25) is 0 Å². The van der Waals surface area contributed by atoms with Crippen molar-refractivity contribution < 1.29 is 50.3 Å². The van der Waals surface area contributed by atoms with E-state index in [1.54, 1.807) is 0 Å². The summed E-state index contributed by atoms with van der Waals surface area (Å²) in [5.74, 6) is 0.0300. The lowest BCUT2D eigenvalue weighted by molar-refractivity contribution is -0.238. The number of hydrogen-bond donors (Lipinski definition) is 8. The van der Waals surface area contributed by atoms with Crippen molar-refractivity contribution in [2.24, 2.45) is 11.8 Å². The van der Waals surface area contributed by atoms with E-state index in [2.05, 4.69) is 0 Å². The Labute approximate surface area is 165 Å². The summed E-state index contributed by atoms with van der Waals surface area (Å²) < 4.78 is 10.6. The third kappa shape index (κ3) is 5.82. The minimum atomic E-state index is -1.26. The summed E-state index contributed by atoms with van der Waals surface area (Å²) in [7, 11) is 0. The van der Waals surface area contributed by atoms with Crippen LogP contribution in [-0.2, 0) is 9.47 Å². The molecular weight excluding hydrogens is 376 g/mol. The SMILES string of the molecule is CC(C)[C@@H]1OC(CO)[C@H](O)[C@H](O)C1O.CC(C)[C@H]1OC(CO)[C@H](O)[C@H](O)C1O. The minimum Gasteiger partial charge on any atom is -0.394 e. The fourth-order valence-electron chi connectivity index (χ4n) is 3.36. The molecule has 0 aromatic rings. The second kappa shape index (κ2) is 11.1. The third-order valence-electron chi connectivity index (χ3n) is 5.17. The highest BCUT2D eigenvalue weighted by Gasteiger charge is 2.45. The van der Waals surface area contributed by atoms with Crippen LogP contribution in [0.25, 0.3) is 0 Å². The Morgan fingerprint density at radius 3 is 1.04 bits per heavy atom. The van der Waals surface area contributed by atoms with Crippen molar-refractivity contribution in [1.29, 1.82) is 0 Å². The lowest BCUT2D eigenvalue weighted by Crippen LogP contribution is -2.59. The van der Waals surface area contributed by atoms with Crippen molar-refractivity contribution in [2.45, 2.75) is 88.7 Å². The maximum Gasteiger partial charge on any atom is 0.111 e. The molecule has 0 radical (unpaired) electrons. The lowest BCUT2D eigenvalue weighted by atomic mass is 9.90. The highest BCUT2D eigenvalue weighted by Crippen LogP contribution is 2.26. The molecule has 10 atom stereocenters. The standard InChI is InChI=1S/2C9H18O5/c2*1-4(2)9-8(13)7(12)6(11)5(3-10)14-9/h2*4-13H,3H2,1-2H3/t5?,6-,7-,8?,9+;5?,6-,7-,8?,9-/m00/s1. The van der Waals surface area contributed by atoms with Crippen molar-refractivity contribution in [3.8, 4) is 0 Å². The van der Waals surface area contributed by atoms with E-state index in [9.17, 15) is 30.6 Å². The van der Waals surface area contributed by atoms with Gasteiger partial charge >= 0.3 is 0 Å². The summed E-state index contributed by atoms with van der Waals surface area (Å²) in [6.07, 6.45) is -9.92. The van der Waals surface area contributed by atoms with Crippen LogP contribution in [0.1, 0.15) is 27.7 Å². The Morgan fingerprint density at radius 1 is 0.536 bits per heavy atom. The lowest BCUT2D eigenvalue weighted by Gasteiger charge is -2.41. The Hall–Kier alpha value is -0.400. The molecule has 2 saturated heterocycles. The van der Waals surface area contributed by atoms with Gasteiger partial charge in [0.1, 0.15) is 48.8 Å². The molecule has 0 spiro atoms. The van der Waals surface area contributed by atoms with Gasteiger partial charge in [-0.2, -0.15) is 0 Å². The summed E-state index contributed by atoms with van der Waals surface area (Å²) >= 11 is 0. The molecule has 0 aliphatic carbocycles. The zero-order valence-electron chi connectivity index (χ0n) is 16.7. The number of rotatable bonds is 4. The van der Waals surface area contributed by atoms with Crippen molar-refractivity contribution in [3.05, 3.63) is 0 Å². The van der Waals surface area contributed by atoms with Gasteiger partial charge in [0.25, 0.3) is 0 Å². The van der Waals surface area contributed by atoms with E-state index in [-0.39, 0.29) is 25.0 Å². The molecule has 168 valence electrons. The molecule has 2 heterocycles. The van der Waals surface area contributed by atoms with Crippen molar-refractivity contribution in [3.63, 3.8) is 0 Å². The van der Waals surface area contributed by atoms with E-state index < -0.39 is 61.0 Å². The first-order valence-corrected chi connectivity index (χ1v) is 9.58. The maximum absolute atomic E-state index is 9.57. The Morgan fingerprint density at radius 2 is 0.821 bits per heavy atom. The summed E-state index contributed by atoms with van der Waals surface area (Å²) in [5, 5.41) is 74.7. The molecule has 10 nitrogen and oxygen atoms in total. The summed E-state index contributed by atoms with van der Waals surface area (Å²) in [6, 6.07) is 0. The van der Waals surface area contributed by atoms with Crippen molar-refractivity contribution in [1.82, 2.24) is 0 Å². The van der Waals surface area contributed by atoms with Crippen molar-refractivity contribution in [2.75, 3.05) is 13.2 Å². The minimum absolute atomic E-state index is 0.0150. The monoisotopic (exact) mass is 412 g/mol. The second-order valence-corrected chi connectivity index (χ2v) is 8.08. The van der Waals surface area contributed by atoms with Gasteiger partial charge in [-0.1, -0.05) is 27.7 Å². The average molecular weight is 412 g/mol. The van der Waals surface area contributed by atoms with E-state index in [0.29, 0.717) is 0 Å². The summed E-state index contributed by atoms with van der Waals surface area (Å²) in [4.78, 5) is 0. The molecule has 0 aromatic carbocycles. The first-order valence-electron chi connectivity index (χ1n) is 9.58. The van der Waals surface area contributed by atoms with Gasteiger partial charge in [-0.25, -0.2) is 0 Å². The quantitative estimate of drug-likeness (QED) is 0.237.